The summed E-state index contributed by atoms with van der Waals surface area (Å²) in [7, 11) is 2.13. The van der Waals surface area contributed by atoms with Crippen molar-refractivity contribution in [1.29, 1.82) is 0 Å². The Balaban J connectivity index is 1.57. The van der Waals surface area contributed by atoms with Gasteiger partial charge in [-0.05, 0) is 50.6 Å². The highest BCUT2D eigenvalue weighted by Crippen LogP contribution is 2.29. The van der Waals surface area contributed by atoms with Crippen LogP contribution in [0.5, 0.6) is 5.75 Å². The number of hydrogen-bond donors (Lipinski definition) is 2. The molecule has 2 heterocycles. The predicted octanol–water partition coefficient (Wildman–Crippen LogP) is 1.89. The summed E-state index contributed by atoms with van der Waals surface area (Å²) in [4.78, 5) is 13.3. The summed E-state index contributed by atoms with van der Waals surface area (Å²) in [6, 6.07) is 8.23. The number of nitrogens with zero attached hydrogens (tertiary/aromatic N) is 1. The van der Waals surface area contributed by atoms with E-state index in [4.69, 9.17) is 9.84 Å². The van der Waals surface area contributed by atoms with Crippen LogP contribution in [0.1, 0.15) is 30.9 Å². The van der Waals surface area contributed by atoms with Crippen LogP contribution in [0.25, 0.3) is 0 Å². The molecule has 120 valence electrons. The molecule has 1 aromatic rings. The Kier molecular flexibility index (Phi) is 4.64. The van der Waals surface area contributed by atoms with Gasteiger partial charge in [0.1, 0.15) is 11.9 Å². The standard InChI is InChI=1S/C17H24N2O3/c1-19-8-2-3-15(11-19)22-14-6-4-12(5-7-14)16-9-13(10-18-16)17(20)21/h4-7,13,15-16,18H,2-3,8-11H2,1H3,(H,20,21). The number of hydrogen-bond acceptors (Lipinski definition) is 4. The van der Waals surface area contributed by atoms with E-state index < -0.39 is 5.97 Å². The fraction of sp³-hybridized carbons (Fsp3) is 0.588. The minimum absolute atomic E-state index is 0.135. The summed E-state index contributed by atoms with van der Waals surface area (Å²) < 4.78 is 6.05. The zero-order chi connectivity index (χ0) is 15.5. The van der Waals surface area contributed by atoms with E-state index in [0.717, 1.165) is 30.8 Å². The van der Waals surface area contributed by atoms with Crippen molar-refractivity contribution in [2.24, 2.45) is 5.92 Å². The summed E-state index contributed by atoms with van der Waals surface area (Å²) in [5.74, 6) is -0.0908. The number of likely N-dealkylation sites (N-methyl/N-ethyl adjacent to an activating group) is 1. The summed E-state index contributed by atoms with van der Waals surface area (Å²) in [6.07, 6.45) is 3.21. The van der Waals surface area contributed by atoms with Crippen LogP contribution in [-0.2, 0) is 4.79 Å². The van der Waals surface area contributed by atoms with Gasteiger partial charge in [0.2, 0.25) is 0 Å². The van der Waals surface area contributed by atoms with Crippen molar-refractivity contribution < 1.29 is 14.6 Å². The quantitative estimate of drug-likeness (QED) is 0.889. The second kappa shape index (κ2) is 6.67. The van der Waals surface area contributed by atoms with Crippen molar-refractivity contribution in [1.82, 2.24) is 10.2 Å². The van der Waals surface area contributed by atoms with Crippen LogP contribution in [0.2, 0.25) is 0 Å². The highest BCUT2D eigenvalue weighted by atomic mass is 16.5. The van der Waals surface area contributed by atoms with Crippen molar-refractivity contribution in [3.8, 4) is 5.75 Å². The predicted molar refractivity (Wildman–Crippen MR) is 84.1 cm³/mol. The molecule has 3 unspecified atom stereocenters. The molecule has 2 saturated heterocycles. The Labute approximate surface area is 131 Å². The van der Waals surface area contributed by atoms with Crippen molar-refractivity contribution in [2.45, 2.75) is 31.4 Å². The summed E-state index contributed by atoms with van der Waals surface area (Å²) in [5.41, 5.74) is 1.14. The lowest BCUT2D eigenvalue weighted by molar-refractivity contribution is -0.141. The van der Waals surface area contributed by atoms with Gasteiger partial charge in [-0.1, -0.05) is 12.1 Å². The SMILES string of the molecule is CN1CCCC(Oc2ccc(C3CC(C(=O)O)CN3)cc2)C1. The molecule has 0 aromatic heterocycles. The molecule has 22 heavy (non-hydrogen) atoms. The van der Waals surface area contributed by atoms with Gasteiger partial charge in [-0.15, -0.1) is 0 Å². The van der Waals surface area contributed by atoms with E-state index >= 15 is 0 Å². The molecule has 2 aliphatic heterocycles. The minimum Gasteiger partial charge on any atom is -0.489 e. The van der Waals surface area contributed by atoms with Gasteiger partial charge in [0.05, 0.1) is 5.92 Å². The first kappa shape index (κ1) is 15.3. The molecule has 2 aliphatic rings. The molecule has 5 heteroatoms. The monoisotopic (exact) mass is 304 g/mol. The Hall–Kier alpha value is -1.59. The zero-order valence-electron chi connectivity index (χ0n) is 13.0. The highest BCUT2D eigenvalue weighted by molar-refractivity contribution is 5.70. The smallest absolute Gasteiger partial charge is 0.307 e. The third kappa shape index (κ3) is 3.59. The van der Waals surface area contributed by atoms with Crippen LogP contribution < -0.4 is 10.1 Å². The Morgan fingerprint density at radius 3 is 2.77 bits per heavy atom. The van der Waals surface area contributed by atoms with Gasteiger partial charge in [-0.3, -0.25) is 4.79 Å². The minimum atomic E-state index is -0.712. The summed E-state index contributed by atoms with van der Waals surface area (Å²) in [5, 5.41) is 12.3. The van der Waals surface area contributed by atoms with E-state index in [1.54, 1.807) is 0 Å². The lowest BCUT2D eigenvalue weighted by atomic mass is 10.00. The first-order valence-electron chi connectivity index (χ1n) is 8.03. The fourth-order valence-electron chi connectivity index (χ4n) is 3.36. The molecule has 0 radical (unpaired) electrons. The lowest BCUT2D eigenvalue weighted by Gasteiger charge is -2.30. The van der Waals surface area contributed by atoms with E-state index in [1.807, 2.05) is 24.3 Å². The third-order valence-electron chi connectivity index (χ3n) is 4.65. The number of carbonyl (C=O) groups is 1. The largest absolute Gasteiger partial charge is 0.489 e. The van der Waals surface area contributed by atoms with E-state index in [-0.39, 0.29) is 18.1 Å². The number of nitrogens with one attached hydrogen (secondary N) is 1. The van der Waals surface area contributed by atoms with Gasteiger partial charge in [-0.25, -0.2) is 0 Å². The summed E-state index contributed by atoms with van der Waals surface area (Å²) in [6.45, 7) is 2.68. The number of carboxylic acid groups (broad SMARTS) is 1. The molecular formula is C17H24N2O3. The molecular weight excluding hydrogens is 280 g/mol. The van der Waals surface area contributed by atoms with Crippen molar-refractivity contribution in [2.75, 3.05) is 26.7 Å². The fourth-order valence-corrected chi connectivity index (χ4v) is 3.36. The molecule has 0 spiro atoms. The second-order valence-corrected chi connectivity index (χ2v) is 6.45. The normalized spacial score (nSPS) is 29.4. The topological polar surface area (TPSA) is 61.8 Å². The van der Waals surface area contributed by atoms with Crippen LogP contribution >= 0.6 is 0 Å². The average Bonchev–Trinajstić information content (AvgIpc) is 2.98. The molecule has 0 saturated carbocycles. The van der Waals surface area contributed by atoms with Gasteiger partial charge in [-0.2, -0.15) is 0 Å². The molecule has 0 bridgehead atoms. The number of benzene rings is 1. The molecule has 2 fully saturated rings. The van der Waals surface area contributed by atoms with Crippen LogP contribution in [0.4, 0.5) is 0 Å². The summed E-state index contributed by atoms with van der Waals surface area (Å²) >= 11 is 0. The van der Waals surface area contributed by atoms with E-state index in [2.05, 4.69) is 17.3 Å². The maximum absolute atomic E-state index is 11.0. The van der Waals surface area contributed by atoms with Crippen LogP contribution in [-0.4, -0.2) is 48.8 Å². The van der Waals surface area contributed by atoms with Gasteiger partial charge >= 0.3 is 5.97 Å². The van der Waals surface area contributed by atoms with E-state index in [1.165, 1.54) is 6.42 Å². The first-order valence-corrected chi connectivity index (χ1v) is 8.03. The molecule has 1 aromatic carbocycles. The number of piperidine rings is 1. The number of likely N-dealkylation sites (tertiary alicyclic amines) is 1. The average molecular weight is 304 g/mol. The number of ether oxygens (including phenoxy) is 1. The van der Waals surface area contributed by atoms with Gasteiger partial charge < -0.3 is 20.1 Å². The Bertz CT molecular complexity index is 517. The molecule has 0 aliphatic carbocycles. The maximum Gasteiger partial charge on any atom is 0.307 e. The van der Waals surface area contributed by atoms with Crippen molar-refractivity contribution in [3.63, 3.8) is 0 Å². The van der Waals surface area contributed by atoms with Gasteiger partial charge in [0, 0.05) is 19.1 Å². The number of aliphatic carboxylic acids is 1. The maximum atomic E-state index is 11.0. The van der Waals surface area contributed by atoms with Gasteiger partial charge in [0.25, 0.3) is 0 Å². The first-order chi connectivity index (χ1) is 10.6. The van der Waals surface area contributed by atoms with Crippen LogP contribution in [0.15, 0.2) is 24.3 Å². The van der Waals surface area contributed by atoms with Crippen LogP contribution in [0.3, 0.4) is 0 Å². The van der Waals surface area contributed by atoms with Crippen molar-refractivity contribution >= 4 is 5.97 Å². The highest BCUT2D eigenvalue weighted by Gasteiger charge is 2.30. The van der Waals surface area contributed by atoms with E-state index in [0.29, 0.717) is 13.0 Å². The third-order valence-corrected chi connectivity index (χ3v) is 4.65. The van der Waals surface area contributed by atoms with Gasteiger partial charge in [0.15, 0.2) is 0 Å². The number of carboxylic acids is 1. The molecule has 3 rings (SSSR count). The Morgan fingerprint density at radius 1 is 1.36 bits per heavy atom. The number of rotatable bonds is 4. The van der Waals surface area contributed by atoms with Crippen molar-refractivity contribution in [3.05, 3.63) is 29.8 Å². The lowest BCUT2D eigenvalue weighted by Crippen LogP contribution is -2.38. The molecule has 0 amide bonds. The zero-order valence-corrected chi connectivity index (χ0v) is 13.0. The van der Waals surface area contributed by atoms with Crippen LogP contribution in [0, 0.1) is 5.92 Å². The second-order valence-electron chi connectivity index (χ2n) is 6.45. The molecule has 2 N–H and O–H groups in total. The molecule has 5 nitrogen and oxygen atoms in total. The Morgan fingerprint density at radius 2 is 2.14 bits per heavy atom. The molecule has 3 atom stereocenters. The van der Waals surface area contributed by atoms with E-state index in [9.17, 15) is 4.79 Å².